The zero-order valence-electron chi connectivity index (χ0n) is 6.18. The van der Waals surface area contributed by atoms with Crippen LogP contribution < -0.4 is 11.3 Å². The first-order chi connectivity index (χ1) is 5.33. The molecule has 1 aromatic rings. The monoisotopic (exact) mass is 154 g/mol. The van der Waals surface area contributed by atoms with Crippen LogP contribution in [0.3, 0.4) is 0 Å². The van der Waals surface area contributed by atoms with E-state index >= 15 is 0 Å². The molecule has 0 amide bonds. The van der Waals surface area contributed by atoms with Crippen molar-refractivity contribution in [3.63, 3.8) is 0 Å². The second kappa shape index (κ2) is 4.05. The van der Waals surface area contributed by atoms with Crippen molar-refractivity contribution in [1.82, 2.24) is 5.43 Å². The van der Waals surface area contributed by atoms with Crippen molar-refractivity contribution in [3.8, 4) is 0 Å². The van der Waals surface area contributed by atoms with Crippen molar-refractivity contribution in [2.24, 2.45) is 5.84 Å². The quantitative estimate of drug-likeness (QED) is 0.500. The molecule has 1 rings (SSSR count). The van der Waals surface area contributed by atoms with Crippen molar-refractivity contribution >= 4 is 0 Å². The molecule has 0 unspecified atom stereocenters. The molecule has 0 heterocycles. The summed E-state index contributed by atoms with van der Waals surface area (Å²) in [6.07, 6.45) is 0.758. The van der Waals surface area contributed by atoms with E-state index in [0.717, 1.165) is 12.0 Å². The summed E-state index contributed by atoms with van der Waals surface area (Å²) in [5.41, 5.74) is 3.47. The Labute approximate surface area is 65.2 Å². The van der Waals surface area contributed by atoms with Gasteiger partial charge in [0.25, 0.3) is 0 Å². The lowest BCUT2D eigenvalue weighted by molar-refractivity contribution is 0.623. The molecule has 0 aliphatic carbocycles. The predicted molar refractivity (Wildman–Crippen MR) is 42.3 cm³/mol. The minimum Gasteiger partial charge on any atom is -0.271 e. The zero-order chi connectivity index (χ0) is 8.10. The van der Waals surface area contributed by atoms with E-state index in [9.17, 15) is 4.39 Å². The molecular formula is C8H11FN2. The third-order valence-corrected chi connectivity index (χ3v) is 1.45. The van der Waals surface area contributed by atoms with Crippen LogP contribution in [0.15, 0.2) is 24.3 Å². The third-order valence-electron chi connectivity index (χ3n) is 1.45. The van der Waals surface area contributed by atoms with Crippen LogP contribution in [0.25, 0.3) is 0 Å². The highest BCUT2D eigenvalue weighted by molar-refractivity contribution is 5.16. The molecular weight excluding hydrogens is 143 g/mol. The van der Waals surface area contributed by atoms with Gasteiger partial charge in [-0.25, -0.2) is 4.39 Å². The maximum Gasteiger partial charge on any atom is 0.123 e. The van der Waals surface area contributed by atoms with Crippen molar-refractivity contribution < 1.29 is 4.39 Å². The van der Waals surface area contributed by atoms with Crippen LogP contribution in [0, 0.1) is 5.82 Å². The van der Waals surface area contributed by atoms with Gasteiger partial charge in [-0.05, 0) is 24.1 Å². The van der Waals surface area contributed by atoms with Gasteiger partial charge in [0, 0.05) is 6.54 Å². The minimum absolute atomic E-state index is 0.195. The van der Waals surface area contributed by atoms with E-state index < -0.39 is 0 Å². The van der Waals surface area contributed by atoms with Gasteiger partial charge < -0.3 is 0 Å². The van der Waals surface area contributed by atoms with Crippen LogP contribution in [-0.4, -0.2) is 6.54 Å². The number of nitrogens with one attached hydrogen (secondary N) is 1. The van der Waals surface area contributed by atoms with Gasteiger partial charge >= 0.3 is 0 Å². The van der Waals surface area contributed by atoms with Crippen molar-refractivity contribution in [2.45, 2.75) is 6.42 Å². The number of hydrogen-bond donors (Lipinski definition) is 2. The molecule has 0 fully saturated rings. The highest BCUT2D eigenvalue weighted by atomic mass is 19.1. The summed E-state index contributed by atoms with van der Waals surface area (Å²) in [5.74, 6) is 4.88. The average Bonchev–Trinajstić information content (AvgIpc) is 2.01. The van der Waals surface area contributed by atoms with Crippen LogP contribution >= 0.6 is 0 Å². The maximum atomic E-state index is 12.5. The minimum atomic E-state index is -0.195. The lowest BCUT2D eigenvalue weighted by Crippen LogP contribution is -2.24. The number of rotatable bonds is 3. The SMILES string of the molecule is NNCCc1cccc(F)c1. The first kappa shape index (κ1) is 8.17. The van der Waals surface area contributed by atoms with Gasteiger partial charge in [-0.3, -0.25) is 11.3 Å². The number of halogens is 1. The summed E-state index contributed by atoms with van der Waals surface area (Å²) in [6, 6.07) is 6.51. The number of benzene rings is 1. The zero-order valence-corrected chi connectivity index (χ0v) is 6.18. The van der Waals surface area contributed by atoms with Gasteiger partial charge in [0.1, 0.15) is 5.82 Å². The molecule has 0 atom stereocenters. The molecule has 1 aromatic carbocycles. The largest absolute Gasteiger partial charge is 0.271 e. The Kier molecular flexibility index (Phi) is 3.01. The van der Waals surface area contributed by atoms with E-state index in [2.05, 4.69) is 5.43 Å². The molecule has 0 spiro atoms. The Balaban J connectivity index is 2.56. The normalized spacial score (nSPS) is 10.0. The molecule has 11 heavy (non-hydrogen) atoms. The fourth-order valence-electron chi connectivity index (χ4n) is 0.909. The second-order valence-corrected chi connectivity index (χ2v) is 2.33. The first-order valence-electron chi connectivity index (χ1n) is 3.51. The molecule has 3 heteroatoms. The van der Waals surface area contributed by atoms with Crippen molar-refractivity contribution in [1.29, 1.82) is 0 Å². The van der Waals surface area contributed by atoms with Gasteiger partial charge in [-0.15, -0.1) is 0 Å². The Bertz CT molecular complexity index is 225. The summed E-state index contributed by atoms with van der Waals surface area (Å²) in [6.45, 7) is 0.670. The van der Waals surface area contributed by atoms with E-state index in [1.165, 1.54) is 12.1 Å². The molecule has 3 N–H and O–H groups in total. The fourth-order valence-corrected chi connectivity index (χ4v) is 0.909. The Morgan fingerprint density at radius 2 is 2.27 bits per heavy atom. The standard InChI is InChI=1S/C8H11FN2/c9-8-3-1-2-7(6-8)4-5-11-10/h1-3,6,11H,4-5,10H2. The first-order valence-corrected chi connectivity index (χ1v) is 3.51. The Hall–Kier alpha value is -0.930. The Morgan fingerprint density at radius 3 is 2.91 bits per heavy atom. The highest BCUT2D eigenvalue weighted by Crippen LogP contribution is 2.02. The maximum absolute atomic E-state index is 12.5. The van der Waals surface area contributed by atoms with Crippen LogP contribution in [0.1, 0.15) is 5.56 Å². The summed E-state index contributed by atoms with van der Waals surface area (Å²) >= 11 is 0. The van der Waals surface area contributed by atoms with E-state index in [0.29, 0.717) is 6.54 Å². The van der Waals surface area contributed by atoms with Crippen LogP contribution in [0.4, 0.5) is 4.39 Å². The second-order valence-electron chi connectivity index (χ2n) is 2.33. The van der Waals surface area contributed by atoms with Gasteiger partial charge in [-0.1, -0.05) is 12.1 Å². The molecule has 0 radical (unpaired) electrons. The molecule has 0 aliphatic heterocycles. The van der Waals surface area contributed by atoms with E-state index in [4.69, 9.17) is 5.84 Å². The summed E-state index contributed by atoms with van der Waals surface area (Å²) in [4.78, 5) is 0. The van der Waals surface area contributed by atoms with Crippen LogP contribution in [0.5, 0.6) is 0 Å². The lowest BCUT2D eigenvalue weighted by atomic mass is 10.1. The van der Waals surface area contributed by atoms with E-state index in [-0.39, 0.29) is 5.82 Å². The van der Waals surface area contributed by atoms with Crippen LogP contribution in [0.2, 0.25) is 0 Å². The van der Waals surface area contributed by atoms with Gasteiger partial charge in [0.2, 0.25) is 0 Å². The number of hydrazine groups is 1. The van der Waals surface area contributed by atoms with E-state index in [1.54, 1.807) is 6.07 Å². The summed E-state index contributed by atoms with van der Waals surface area (Å²) in [5, 5.41) is 0. The van der Waals surface area contributed by atoms with Crippen LogP contribution in [-0.2, 0) is 6.42 Å². The summed E-state index contributed by atoms with van der Waals surface area (Å²) in [7, 11) is 0. The summed E-state index contributed by atoms with van der Waals surface area (Å²) < 4.78 is 12.5. The third kappa shape index (κ3) is 2.65. The highest BCUT2D eigenvalue weighted by Gasteiger charge is 1.92. The van der Waals surface area contributed by atoms with Crippen molar-refractivity contribution in [3.05, 3.63) is 35.6 Å². The van der Waals surface area contributed by atoms with E-state index in [1.807, 2.05) is 6.07 Å². The molecule has 0 saturated heterocycles. The molecule has 0 aliphatic rings. The molecule has 0 bridgehead atoms. The van der Waals surface area contributed by atoms with Gasteiger partial charge in [0.05, 0.1) is 0 Å². The molecule has 0 saturated carbocycles. The topological polar surface area (TPSA) is 38.0 Å². The molecule has 60 valence electrons. The van der Waals surface area contributed by atoms with Crippen molar-refractivity contribution in [2.75, 3.05) is 6.54 Å². The molecule has 0 aromatic heterocycles. The smallest absolute Gasteiger partial charge is 0.123 e. The number of nitrogens with two attached hydrogens (primary N) is 1. The van der Waals surface area contributed by atoms with Gasteiger partial charge in [0.15, 0.2) is 0 Å². The lowest BCUT2D eigenvalue weighted by Gasteiger charge is -1.99. The fraction of sp³-hybridized carbons (Fsp3) is 0.250. The Morgan fingerprint density at radius 1 is 1.45 bits per heavy atom. The average molecular weight is 154 g/mol. The molecule has 2 nitrogen and oxygen atoms in total. The predicted octanol–water partition coefficient (Wildman–Crippen LogP) is 0.831. The van der Waals surface area contributed by atoms with Gasteiger partial charge in [-0.2, -0.15) is 0 Å². The number of hydrogen-bond acceptors (Lipinski definition) is 2.